The van der Waals surface area contributed by atoms with Gasteiger partial charge in [0.25, 0.3) is 8.32 Å². The molecule has 0 saturated heterocycles. The standard InChI is InChI=1S/C44H88O2Si/c1-6-9-12-14-16-18-20-22-24-26-28-30-32-34-36-38-41-47(40-11-8-3,46-44(45)43(4)5)42-39-37-35-33-31-29-27-25-23-21-19-17-15-13-10-7-2/h4,6-42H2,1-3,5H3. The van der Waals surface area contributed by atoms with Crippen molar-refractivity contribution in [1.29, 1.82) is 0 Å². The van der Waals surface area contributed by atoms with Crippen LogP contribution in [0.1, 0.15) is 246 Å². The Hall–Kier alpha value is -0.573. The van der Waals surface area contributed by atoms with Crippen LogP contribution in [0.5, 0.6) is 0 Å². The zero-order valence-electron chi connectivity index (χ0n) is 33.2. The largest absolute Gasteiger partial charge is 0.516 e. The summed E-state index contributed by atoms with van der Waals surface area (Å²) in [7, 11) is -2.07. The summed E-state index contributed by atoms with van der Waals surface area (Å²) >= 11 is 0. The van der Waals surface area contributed by atoms with Gasteiger partial charge in [0.1, 0.15) is 0 Å². The second-order valence-electron chi connectivity index (χ2n) is 15.6. The lowest BCUT2D eigenvalue weighted by atomic mass is 10.0. The number of unbranched alkanes of at least 4 members (excludes halogenated alkanes) is 31. The number of hydrogen-bond acceptors (Lipinski definition) is 2. The minimum absolute atomic E-state index is 0.110. The lowest BCUT2D eigenvalue weighted by molar-refractivity contribution is -0.131. The van der Waals surface area contributed by atoms with Gasteiger partial charge in [0.15, 0.2) is 0 Å². The van der Waals surface area contributed by atoms with Crippen LogP contribution in [0.2, 0.25) is 18.1 Å². The molecule has 0 N–H and O–H groups in total. The van der Waals surface area contributed by atoms with Crippen LogP contribution in [0.4, 0.5) is 0 Å². The minimum atomic E-state index is -2.07. The van der Waals surface area contributed by atoms with Gasteiger partial charge in [-0.2, -0.15) is 0 Å². The monoisotopic (exact) mass is 677 g/mol. The third kappa shape index (κ3) is 32.4. The average molecular weight is 677 g/mol. The van der Waals surface area contributed by atoms with E-state index in [4.69, 9.17) is 4.43 Å². The number of carbonyl (C=O) groups excluding carboxylic acids is 1. The van der Waals surface area contributed by atoms with Crippen molar-refractivity contribution in [3.63, 3.8) is 0 Å². The molecule has 0 spiro atoms. The maximum absolute atomic E-state index is 12.8. The molecule has 0 aromatic heterocycles. The zero-order chi connectivity index (χ0) is 34.5. The summed E-state index contributed by atoms with van der Waals surface area (Å²) in [6.07, 6.45) is 47.3. The van der Waals surface area contributed by atoms with Crippen molar-refractivity contribution in [2.45, 2.75) is 264 Å². The van der Waals surface area contributed by atoms with Gasteiger partial charge in [0.2, 0.25) is 0 Å². The van der Waals surface area contributed by atoms with Crippen LogP contribution in [0, 0.1) is 0 Å². The third-order valence-electron chi connectivity index (χ3n) is 10.6. The highest BCUT2D eigenvalue weighted by Gasteiger charge is 2.37. The van der Waals surface area contributed by atoms with Gasteiger partial charge in [0.05, 0.1) is 0 Å². The molecule has 0 unspecified atom stereocenters. The molecule has 0 fully saturated rings. The van der Waals surface area contributed by atoms with Crippen LogP contribution in [0.25, 0.3) is 0 Å². The lowest BCUT2D eigenvalue weighted by Gasteiger charge is -2.31. The van der Waals surface area contributed by atoms with Crippen LogP contribution in [-0.2, 0) is 9.22 Å². The molecule has 0 aromatic carbocycles. The molecule has 0 bridgehead atoms. The Bertz CT molecular complexity index is 623. The predicted octanol–water partition coefficient (Wildman–Crippen LogP) is 16.4. The van der Waals surface area contributed by atoms with Crippen molar-refractivity contribution in [3.05, 3.63) is 12.2 Å². The van der Waals surface area contributed by atoms with E-state index in [0.29, 0.717) is 5.57 Å². The Morgan fingerprint density at radius 1 is 0.383 bits per heavy atom. The first-order valence-corrected chi connectivity index (χ1v) is 24.4. The van der Waals surface area contributed by atoms with Crippen LogP contribution >= 0.6 is 0 Å². The van der Waals surface area contributed by atoms with Gasteiger partial charge in [-0.15, -0.1) is 0 Å². The van der Waals surface area contributed by atoms with Crippen molar-refractivity contribution in [2.24, 2.45) is 0 Å². The van der Waals surface area contributed by atoms with E-state index in [1.165, 1.54) is 230 Å². The summed E-state index contributed by atoms with van der Waals surface area (Å²) in [5.41, 5.74) is 0.581. The summed E-state index contributed by atoms with van der Waals surface area (Å²) in [5, 5.41) is 0. The van der Waals surface area contributed by atoms with E-state index < -0.39 is 8.32 Å². The molecule has 0 aliphatic carbocycles. The lowest BCUT2D eigenvalue weighted by Crippen LogP contribution is -2.40. The fraction of sp³-hybridized carbons (Fsp3) is 0.932. The van der Waals surface area contributed by atoms with Gasteiger partial charge >= 0.3 is 5.97 Å². The van der Waals surface area contributed by atoms with Gasteiger partial charge in [-0.1, -0.05) is 246 Å². The van der Waals surface area contributed by atoms with Crippen molar-refractivity contribution in [1.82, 2.24) is 0 Å². The fourth-order valence-electron chi connectivity index (χ4n) is 7.30. The minimum Gasteiger partial charge on any atom is -0.516 e. The zero-order valence-corrected chi connectivity index (χ0v) is 34.2. The molecular weight excluding hydrogens is 589 g/mol. The summed E-state index contributed by atoms with van der Waals surface area (Å²) in [6, 6.07) is 3.49. The molecule has 0 aliphatic heterocycles. The van der Waals surface area contributed by atoms with E-state index in [1.54, 1.807) is 0 Å². The summed E-state index contributed by atoms with van der Waals surface area (Å²) < 4.78 is 6.45. The van der Waals surface area contributed by atoms with Crippen molar-refractivity contribution in [2.75, 3.05) is 0 Å². The van der Waals surface area contributed by atoms with E-state index in [0.717, 1.165) is 6.04 Å². The van der Waals surface area contributed by atoms with Gasteiger partial charge in [-0.3, -0.25) is 0 Å². The number of carbonyl (C=O) groups is 1. The van der Waals surface area contributed by atoms with Crippen LogP contribution < -0.4 is 0 Å². The molecule has 0 saturated carbocycles. The highest BCUT2D eigenvalue weighted by Crippen LogP contribution is 2.31. The predicted molar refractivity (Wildman–Crippen MR) is 215 cm³/mol. The first-order valence-electron chi connectivity index (χ1n) is 21.9. The van der Waals surface area contributed by atoms with Crippen LogP contribution in [0.15, 0.2) is 12.2 Å². The summed E-state index contributed by atoms with van der Waals surface area (Å²) in [4.78, 5) is 12.8. The smallest absolute Gasteiger partial charge is 0.319 e. The normalized spacial score (nSPS) is 11.7. The molecule has 0 aromatic rings. The maximum atomic E-state index is 12.8. The van der Waals surface area contributed by atoms with Crippen molar-refractivity contribution >= 4 is 14.3 Å². The van der Waals surface area contributed by atoms with E-state index in [9.17, 15) is 4.79 Å². The molecule has 3 heteroatoms. The molecule has 47 heavy (non-hydrogen) atoms. The molecule has 0 heterocycles. The Balaban J connectivity index is 4.15. The van der Waals surface area contributed by atoms with Gasteiger partial charge in [0, 0.05) is 5.57 Å². The second-order valence-corrected chi connectivity index (χ2v) is 19.6. The average Bonchev–Trinajstić information content (AvgIpc) is 3.06. The Morgan fingerprint density at radius 3 is 0.830 bits per heavy atom. The number of rotatable bonds is 39. The van der Waals surface area contributed by atoms with E-state index in [2.05, 4.69) is 27.4 Å². The first-order chi connectivity index (χ1) is 23.0. The molecular formula is C44H88O2Si. The van der Waals surface area contributed by atoms with Gasteiger partial charge in [-0.25, -0.2) is 4.79 Å². The van der Waals surface area contributed by atoms with E-state index >= 15 is 0 Å². The molecule has 2 nitrogen and oxygen atoms in total. The Labute approximate surface area is 299 Å². The van der Waals surface area contributed by atoms with Crippen LogP contribution in [-0.4, -0.2) is 14.3 Å². The maximum Gasteiger partial charge on any atom is 0.319 e. The highest BCUT2D eigenvalue weighted by atomic mass is 28.4. The summed E-state index contributed by atoms with van der Waals surface area (Å²) in [6.45, 7) is 12.6. The number of hydrogen-bond donors (Lipinski definition) is 0. The summed E-state index contributed by atoms with van der Waals surface area (Å²) in [5.74, 6) is -0.110. The molecule has 0 atom stereocenters. The molecule has 280 valence electrons. The molecule has 0 aliphatic rings. The second kappa shape index (κ2) is 36.7. The topological polar surface area (TPSA) is 26.3 Å². The van der Waals surface area contributed by atoms with Gasteiger partial charge < -0.3 is 4.43 Å². The Morgan fingerprint density at radius 2 is 0.596 bits per heavy atom. The quantitative estimate of drug-likeness (QED) is 0.0368. The van der Waals surface area contributed by atoms with E-state index in [-0.39, 0.29) is 5.97 Å². The SMILES string of the molecule is C=C(C)C(=O)O[Si](CCCC)(CCCCCCCCCCCCCCCCCC)CCCCCCCCCCCCCCCCCC. The Kier molecular flexibility index (Phi) is 36.3. The third-order valence-corrected chi connectivity index (χ3v) is 15.0. The fourth-order valence-corrected chi connectivity index (χ4v) is 11.7. The van der Waals surface area contributed by atoms with Crippen molar-refractivity contribution in [3.8, 4) is 0 Å². The first kappa shape index (κ1) is 46.4. The molecule has 0 rings (SSSR count). The van der Waals surface area contributed by atoms with E-state index in [1.807, 2.05) is 6.92 Å². The highest BCUT2D eigenvalue weighted by molar-refractivity contribution is 6.75. The van der Waals surface area contributed by atoms with Gasteiger partial charge in [-0.05, 0) is 25.1 Å². The van der Waals surface area contributed by atoms with Crippen LogP contribution in [0.3, 0.4) is 0 Å². The molecule has 0 amide bonds. The molecule has 0 radical (unpaired) electrons. The van der Waals surface area contributed by atoms with Crippen molar-refractivity contribution < 1.29 is 9.22 Å².